The number of nitrogens with one attached hydrogen (secondary N) is 2. The van der Waals surface area contributed by atoms with Crippen LogP contribution in [-0.4, -0.2) is 21.6 Å². The number of rotatable bonds is 6. The maximum Gasteiger partial charge on any atom is 0.224 e. The number of hydrogen-bond donors (Lipinski definition) is 2. The summed E-state index contributed by atoms with van der Waals surface area (Å²) in [6, 6.07) is 17.2. The van der Waals surface area contributed by atoms with Crippen molar-refractivity contribution >= 4 is 23.2 Å². The maximum atomic E-state index is 12.2. The Bertz CT molecular complexity index is 973. The predicted molar refractivity (Wildman–Crippen MR) is 111 cm³/mol. The zero-order valence-corrected chi connectivity index (χ0v) is 16.3. The average molecular weight is 376 g/mol. The third kappa shape index (κ3) is 5.07. The topological polar surface area (TPSA) is 76.0 Å². The zero-order chi connectivity index (χ0) is 20.1. The van der Waals surface area contributed by atoms with Crippen molar-refractivity contribution in [2.24, 2.45) is 0 Å². The Labute approximate surface area is 164 Å². The van der Waals surface area contributed by atoms with Gasteiger partial charge in [-0.15, -0.1) is 0 Å². The highest BCUT2D eigenvalue weighted by Crippen LogP contribution is 2.16. The van der Waals surface area contributed by atoms with Crippen LogP contribution < -0.4 is 10.6 Å². The lowest BCUT2D eigenvalue weighted by Gasteiger charge is -2.08. The van der Waals surface area contributed by atoms with Crippen LogP contribution in [0.4, 0.5) is 11.4 Å². The van der Waals surface area contributed by atoms with Gasteiger partial charge < -0.3 is 10.6 Å². The predicted octanol–water partition coefficient (Wildman–Crippen LogP) is 4.02. The molecule has 3 rings (SSSR count). The normalized spacial score (nSPS) is 10.5. The summed E-state index contributed by atoms with van der Waals surface area (Å²) in [4.78, 5) is 23.2. The first-order chi connectivity index (χ1) is 13.4. The van der Waals surface area contributed by atoms with E-state index < -0.39 is 0 Å². The monoisotopic (exact) mass is 376 g/mol. The number of nitrogens with zero attached hydrogens (tertiary/aromatic N) is 2. The second-order valence-electron chi connectivity index (χ2n) is 6.81. The first-order valence-electron chi connectivity index (χ1n) is 9.21. The number of aromatic nitrogens is 2. The quantitative estimate of drug-likeness (QED) is 0.682. The van der Waals surface area contributed by atoms with E-state index in [2.05, 4.69) is 15.7 Å². The van der Waals surface area contributed by atoms with E-state index >= 15 is 0 Å². The summed E-state index contributed by atoms with van der Waals surface area (Å²) < 4.78 is 1.91. The number of anilines is 2. The van der Waals surface area contributed by atoms with Crippen molar-refractivity contribution in [3.05, 3.63) is 71.5 Å². The molecule has 0 aliphatic rings. The molecule has 0 spiro atoms. The SMILES string of the molecule is CC(=O)Nc1ccc(NC(=O)CCc2ccc(-n3nc(C)cc3C)cc2)cc1. The van der Waals surface area contributed by atoms with Gasteiger partial charge >= 0.3 is 0 Å². The van der Waals surface area contributed by atoms with Crippen LogP contribution in [0.5, 0.6) is 0 Å². The third-order valence-electron chi connectivity index (χ3n) is 4.32. The molecule has 0 unspecified atom stereocenters. The Kier molecular flexibility index (Phi) is 5.89. The standard InChI is InChI=1S/C22H24N4O2/c1-15-14-16(2)26(25-15)21-11-4-18(5-12-21)6-13-22(28)24-20-9-7-19(8-10-20)23-17(3)27/h4-5,7-12,14H,6,13H2,1-3H3,(H,23,27)(H,24,28). The molecule has 1 heterocycles. The Morgan fingerprint density at radius 2 is 1.54 bits per heavy atom. The number of aryl methyl sites for hydroxylation is 3. The minimum absolute atomic E-state index is 0.0464. The highest BCUT2D eigenvalue weighted by molar-refractivity contribution is 5.92. The van der Waals surface area contributed by atoms with Crippen LogP contribution in [0.1, 0.15) is 30.3 Å². The summed E-state index contributed by atoms with van der Waals surface area (Å²) in [7, 11) is 0. The molecule has 0 fully saturated rings. The molecule has 28 heavy (non-hydrogen) atoms. The molecule has 2 aromatic carbocycles. The zero-order valence-electron chi connectivity index (χ0n) is 16.3. The number of hydrogen-bond acceptors (Lipinski definition) is 3. The highest BCUT2D eigenvalue weighted by atomic mass is 16.2. The Hall–Kier alpha value is -3.41. The van der Waals surface area contributed by atoms with Gasteiger partial charge in [0, 0.05) is 30.4 Å². The second kappa shape index (κ2) is 8.52. The highest BCUT2D eigenvalue weighted by Gasteiger charge is 2.06. The maximum absolute atomic E-state index is 12.2. The summed E-state index contributed by atoms with van der Waals surface area (Å²) in [6.45, 7) is 5.46. The number of benzene rings is 2. The van der Waals surface area contributed by atoms with Gasteiger partial charge in [0.15, 0.2) is 0 Å². The molecule has 0 aliphatic carbocycles. The number of amides is 2. The van der Waals surface area contributed by atoms with Crippen molar-refractivity contribution in [2.45, 2.75) is 33.6 Å². The van der Waals surface area contributed by atoms with Gasteiger partial charge in [0.2, 0.25) is 11.8 Å². The first kappa shape index (κ1) is 19.4. The van der Waals surface area contributed by atoms with Crippen LogP contribution >= 0.6 is 0 Å². The van der Waals surface area contributed by atoms with E-state index in [0.717, 1.165) is 22.6 Å². The van der Waals surface area contributed by atoms with Gasteiger partial charge in [-0.1, -0.05) is 12.1 Å². The van der Waals surface area contributed by atoms with Crippen molar-refractivity contribution in [3.8, 4) is 5.69 Å². The lowest BCUT2D eigenvalue weighted by molar-refractivity contribution is -0.116. The first-order valence-corrected chi connectivity index (χ1v) is 9.21. The molecule has 1 aromatic heterocycles. The molecule has 6 nitrogen and oxygen atoms in total. The van der Waals surface area contributed by atoms with E-state index in [0.29, 0.717) is 24.2 Å². The lowest BCUT2D eigenvalue weighted by atomic mass is 10.1. The minimum atomic E-state index is -0.124. The van der Waals surface area contributed by atoms with Crippen molar-refractivity contribution in [2.75, 3.05) is 10.6 Å². The molecule has 144 valence electrons. The molecule has 0 aliphatic heterocycles. The van der Waals surface area contributed by atoms with E-state index in [1.54, 1.807) is 24.3 Å². The summed E-state index contributed by atoms with van der Waals surface area (Å²) >= 11 is 0. The van der Waals surface area contributed by atoms with Gasteiger partial charge in [0.1, 0.15) is 0 Å². The summed E-state index contributed by atoms with van der Waals surface area (Å²) in [5, 5.41) is 10.1. The van der Waals surface area contributed by atoms with Crippen LogP contribution in [-0.2, 0) is 16.0 Å². The fraction of sp³-hybridized carbons (Fsp3) is 0.227. The number of carbonyl (C=O) groups is 2. The summed E-state index contributed by atoms with van der Waals surface area (Å²) in [5.41, 5.74) is 5.60. The molecule has 0 bridgehead atoms. The molecule has 0 radical (unpaired) electrons. The number of carbonyl (C=O) groups excluding carboxylic acids is 2. The molecule has 2 amide bonds. The van der Waals surface area contributed by atoms with E-state index in [4.69, 9.17) is 0 Å². The molecule has 6 heteroatoms. The minimum Gasteiger partial charge on any atom is -0.326 e. The van der Waals surface area contributed by atoms with Crippen LogP contribution in [0.3, 0.4) is 0 Å². The van der Waals surface area contributed by atoms with Crippen LogP contribution in [0, 0.1) is 13.8 Å². The largest absolute Gasteiger partial charge is 0.326 e. The Morgan fingerprint density at radius 3 is 2.07 bits per heavy atom. The van der Waals surface area contributed by atoms with Crippen molar-refractivity contribution in [1.82, 2.24) is 9.78 Å². The van der Waals surface area contributed by atoms with E-state index in [-0.39, 0.29) is 11.8 Å². The van der Waals surface area contributed by atoms with E-state index in [9.17, 15) is 9.59 Å². The average Bonchev–Trinajstić information content (AvgIpc) is 3.00. The van der Waals surface area contributed by atoms with Crippen molar-refractivity contribution in [3.63, 3.8) is 0 Å². The van der Waals surface area contributed by atoms with Gasteiger partial charge in [0.05, 0.1) is 11.4 Å². The van der Waals surface area contributed by atoms with Gasteiger partial charge in [-0.05, 0) is 68.3 Å². The lowest BCUT2D eigenvalue weighted by Crippen LogP contribution is -2.12. The smallest absolute Gasteiger partial charge is 0.224 e. The molecule has 2 N–H and O–H groups in total. The van der Waals surface area contributed by atoms with Crippen molar-refractivity contribution in [1.29, 1.82) is 0 Å². The molecule has 3 aromatic rings. The van der Waals surface area contributed by atoms with Crippen molar-refractivity contribution < 1.29 is 9.59 Å². The van der Waals surface area contributed by atoms with Gasteiger partial charge in [-0.2, -0.15) is 5.10 Å². The fourth-order valence-electron chi connectivity index (χ4n) is 3.02. The summed E-state index contributed by atoms with van der Waals surface area (Å²) in [5.74, 6) is -0.171. The summed E-state index contributed by atoms with van der Waals surface area (Å²) in [6.07, 6.45) is 1.06. The van der Waals surface area contributed by atoms with E-state index in [1.807, 2.05) is 48.9 Å². The van der Waals surface area contributed by atoms with Crippen LogP contribution in [0.25, 0.3) is 5.69 Å². The van der Waals surface area contributed by atoms with E-state index in [1.165, 1.54) is 6.92 Å². The molecule has 0 saturated carbocycles. The van der Waals surface area contributed by atoms with Gasteiger partial charge in [-0.3, -0.25) is 9.59 Å². The molecular weight excluding hydrogens is 352 g/mol. The second-order valence-corrected chi connectivity index (χ2v) is 6.81. The third-order valence-corrected chi connectivity index (χ3v) is 4.32. The molecular formula is C22H24N4O2. The van der Waals surface area contributed by atoms with Gasteiger partial charge in [-0.25, -0.2) is 4.68 Å². The Morgan fingerprint density at radius 1 is 0.929 bits per heavy atom. The molecule has 0 atom stereocenters. The molecule has 0 saturated heterocycles. The van der Waals surface area contributed by atoms with Gasteiger partial charge in [0.25, 0.3) is 0 Å². The van der Waals surface area contributed by atoms with Crippen LogP contribution in [0.2, 0.25) is 0 Å². The fourth-order valence-corrected chi connectivity index (χ4v) is 3.02. The van der Waals surface area contributed by atoms with Crippen LogP contribution in [0.15, 0.2) is 54.6 Å². The Balaban J connectivity index is 1.53.